The monoisotopic (exact) mass is 236 g/mol. The molecule has 4 heteroatoms. The lowest BCUT2D eigenvalue weighted by atomic mass is 9.92. The molecule has 1 aliphatic heterocycles. The number of hydrogen-bond acceptors (Lipinski definition) is 3. The summed E-state index contributed by atoms with van der Waals surface area (Å²) in [7, 11) is 0. The van der Waals surface area contributed by atoms with E-state index in [0.29, 0.717) is 11.1 Å². The number of rotatable bonds is 1. The van der Waals surface area contributed by atoms with Crippen molar-refractivity contribution in [1.29, 1.82) is 0 Å². The van der Waals surface area contributed by atoms with Crippen molar-refractivity contribution in [2.75, 3.05) is 13.1 Å². The number of hydrogen-bond donors (Lipinski definition) is 1. The van der Waals surface area contributed by atoms with Crippen molar-refractivity contribution in [3.8, 4) is 0 Å². The number of nitrogens with one attached hydrogen (secondary N) is 1. The highest BCUT2D eigenvalue weighted by Crippen LogP contribution is 2.32. The quantitative estimate of drug-likeness (QED) is 0.774. The number of furan rings is 1. The SMILES string of the molecule is Clc1ncc(C2CCCNC2)c2occc12. The molecule has 0 spiro atoms. The lowest BCUT2D eigenvalue weighted by Gasteiger charge is -2.22. The van der Waals surface area contributed by atoms with Crippen LogP contribution in [0.2, 0.25) is 5.15 Å². The maximum Gasteiger partial charge on any atom is 0.142 e. The topological polar surface area (TPSA) is 38.1 Å². The van der Waals surface area contributed by atoms with Gasteiger partial charge in [-0.1, -0.05) is 11.6 Å². The van der Waals surface area contributed by atoms with Crippen LogP contribution in [0.5, 0.6) is 0 Å². The molecule has 0 saturated carbocycles. The molecular formula is C12H13ClN2O. The highest BCUT2D eigenvalue weighted by Gasteiger charge is 2.20. The standard InChI is InChI=1S/C12H13ClN2O/c13-12-9-3-5-16-11(9)10(7-15-12)8-2-1-4-14-6-8/h3,5,7-8,14H,1-2,4,6H2. The zero-order chi connectivity index (χ0) is 11.0. The Hall–Kier alpha value is -1.06. The third-order valence-corrected chi connectivity index (χ3v) is 3.50. The fraction of sp³-hybridized carbons (Fsp3) is 0.417. The minimum absolute atomic E-state index is 0.493. The molecule has 16 heavy (non-hydrogen) atoms. The van der Waals surface area contributed by atoms with Crippen molar-refractivity contribution in [2.24, 2.45) is 0 Å². The van der Waals surface area contributed by atoms with Gasteiger partial charge in [-0.25, -0.2) is 4.98 Å². The fourth-order valence-corrected chi connectivity index (χ4v) is 2.56. The second kappa shape index (κ2) is 4.07. The van der Waals surface area contributed by atoms with Gasteiger partial charge in [-0.3, -0.25) is 0 Å². The van der Waals surface area contributed by atoms with E-state index in [-0.39, 0.29) is 0 Å². The van der Waals surface area contributed by atoms with Crippen molar-refractivity contribution in [2.45, 2.75) is 18.8 Å². The fourth-order valence-electron chi connectivity index (χ4n) is 2.36. The smallest absolute Gasteiger partial charge is 0.142 e. The molecule has 1 N–H and O–H groups in total. The first kappa shape index (κ1) is 10.1. The Balaban J connectivity index is 2.08. The van der Waals surface area contributed by atoms with Crippen LogP contribution in [0.1, 0.15) is 24.3 Å². The van der Waals surface area contributed by atoms with Crippen LogP contribution in [0.15, 0.2) is 22.9 Å². The van der Waals surface area contributed by atoms with Crippen molar-refractivity contribution >= 4 is 22.6 Å². The molecule has 2 aromatic rings. The highest BCUT2D eigenvalue weighted by atomic mass is 35.5. The summed E-state index contributed by atoms with van der Waals surface area (Å²) < 4.78 is 5.53. The third kappa shape index (κ3) is 1.60. The first-order valence-electron chi connectivity index (χ1n) is 5.58. The van der Waals surface area contributed by atoms with Gasteiger partial charge in [-0.05, 0) is 25.5 Å². The van der Waals surface area contributed by atoms with Crippen LogP contribution in [-0.2, 0) is 0 Å². The van der Waals surface area contributed by atoms with Crippen molar-refractivity contribution in [3.05, 3.63) is 29.2 Å². The average molecular weight is 237 g/mol. The van der Waals surface area contributed by atoms with Gasteiger partial charge in [0.25, 0.3) is 0 Å². The van der Waals surface area contributed by atoms with Crippen LogP contribution in [0, 0.1) is 0 Å². The minimum Gasteiger partial charge on any atom is -0.464 e. The molecule has 0 aliphatic carbocycles. The van der Waals surface area contributed by atoms with Crippen molar-refractivity contribution in [3.63, 3.8) is 0 Å². The number of halogens is 1. The Morgan fingerprint density at radius 3 is 3.25 bits per heavy atom. The largest absolute Gasteiger partial charge is 0.464 e. The second-order valence-corrected chi connectivity index (χ2v) is 4.57. The maximum absolute atomic E-state index is 6.02. The number of pyridine rings is 1. The zero-order valence-corrected chi connectivity index (χ0v) is 9.63. The summed E-state index contributed by atoms with van der Waals surface area (Å²) in [5, 5.41) is 4.85. The van der Waals surface area contributed by atoms with Gasteiger partial charge in [0.1, 0.15) is 10.7 Å². The van der Waals surface area contributed by atoms with Crippen LogP contribution in [0.25, 0.3) is 11.0 Å². The Morgan fingerprint density at radius 1 is 1.50 bits per heavy atom. The number of piperidine rings is 1. The molecule has 0 bridgehead atoms. The van der Waals surface area contributed by atoms with E-state index in [1.165, 1.54) is 18.4 Å². The van der Waals surface area contributed by atoms with Crippen LogP contribution in [0.3, 0.4) is 0 Å². The second-order valence-electron chi connectivity index (χ2n) is 4.21. The molecule has 84 valence electrons. The van der Waals surface area contributed by atoms with Gasteiger partial charge in [-0.15, -0.1) is 0 Å². The maximum atomic E-state index is 6.02. The Morgan fingerprint density at radius 2 is 2.44 bits per heavy atom. The summed E-state index contributed by atoms with van der Waals surface area (Å²) in [5.74, 6) is 0.493. The van der Waals surface area contributed by atoms with Crippen LogP contribution in [0.4, 0.5) is 0 Å². The van der Waals surface area contributed by atoms with Crippen molar-refractivity contribution in [1.82, 2.24) is 10.3 Å². The van der Waals surface area contributed by atoms with E-state index in [2.05, 4.69) is 10.3 Å². The number of nitrogens with zero attached hydrogens (tertiary/aromatic N) is 1. The summed E-state index contributed by atoms with van der Waals surface area (Å²) in [6.45, 7) is 2.11. The predicted octanol–water partition coefficient (Wildman–Crippen LogP) is 2.95. The Labute approximate surface area is 98.8 Å². The molecule has 3 rings (SSSR count). The molecule has 2 aromatic heterocycles. The lowest BCUT2D eigenvalue weighted by molar-refractivity contribution is 0.458. The van der Waals surface area contributed by atoms with E-state index in [4.69, 9.17) is 16.0 Å². The van der Waals surface area contributed by atoms with Gasteiger partial charge in [0, 0.05) is 24.2 Å². The molecule has 1 aliphatic rings. The Bertz CT molecular complexity index is 503. The van der Waals surface area contributed by atoms with E-state index in [1.54, 1.807) is 6.26 Å². The molecule has 0 radical (unpaired) electrons. The van der Waals surface area contributed by atoms with E-state index in [1.807, 2.05) is 12.3 Å². The van der Waals surface area contributed by atoms with Gasteiger partial charge in [0.05, 0.1) is 11.6 Å². The van der Waals surface area contributed by atoms with Gasteiger partial charge in [0.2, 0.25) is 0 Å². The summed E-state index contributed by atoms with van der Waals surface area (Å²) in [5.41, 5.74) is 2.07. The van der Waals surface area contributed by atoms with Gasteiger partial charge in [0.15, 0.2) is 0 Å². The predicted molar refractivity (Wildman–Crippen MR) is 63.9 cm³/mol. The normalized spacial score (nSPS) is 21.4. The minimum atomic E-state index is 0.493. The van der Waals surface area contributed by atoms with E-state index in [9.17, 15) is 0 Å². The van der Waals surface area contributed by atoms with Gasteiger partial charge >= 0.3 is 0 Å². The summed E-state index contributed by atoms with van der Waals surface area (Å²) in [6, 6.07) is 1.88. The molecular weight excluding hydrogens is 224 g/mol. The molecule has 1 atom stereocenters. The summed E-state index contributed by atoms with van der Waals surface area (Å²) >= 11 is 6.02. The van der Waals surface area contributed by atoms with Crippen LogP contribution >= 0.6 is 11.6 Å². The molecule has 0 aromatic carbocycles. The molecule has 1 unspecified atom stereocenters. The molecule has 1 saturated heterocycles. The van der Waals surface area contributed by atoms with E-state index in [0.717, 1.165) is 24.1 Å². The van der Waals surface area contributed by atoms with Crippen LogP contribution < -0.4 is 5.32 Å². The lowest BCUT2D eigenvalue weighted by Crippen LogP contribution is -2.28. The highest BCUT2D eigenvalue weighted by molar-refractivity contribution is 6.34. The molecule has 1 fully saturated rings. The Kier molecular flexibility index (Phi) is 2.58. The van der Waals surface area contributed by atoms with Gasteiger partial charge < -0.3 is 9.73 Å². The molecule has 0 amide bonds. The average Bonchev–Trinajstić information content (AvgIpc) is 2.81. The van der Waals surface area contributed by atoms with Gasteiger partial charge in [-0.2, -0.15) is 0 Å². The summed E-state index contributed by atoms with van der Waals surface area (Å²) in [6.07, 6.45) is 5.92. The first-order chi connectivity index (χ1) is 7.86. The third-order valence-electron chi connectivity index (χ3n) is 3.20. The van der Waals surface area contributed by atoms with E-state index < -0.39 is 0 Å². The number of fused-ring (bicyclic) bond motifs is 1. The van der Waals surface area contributed by atoms with E-state index >= 15 is 0 Å². The first-order valence-corrected chi connectivity index (χ1v) is 5.96. The molecule has 3 heterocycles. The van der Waals surface area contributed by atoms with Crippen LogP contribution in [-0.4, -0.2) is 18.1 Å². The summed E-state index contributed by atoms with van der Waals surface area (Å²) in [4.78, 5) is 4.23. The zero-order valence-electron chi connectivity index (χ0n) is 8.87. The molecule has 3 nitrogen and oxygen atoms in total. The van der Waals surface area contributed by atoms with Crippen molar-refractivity contribution < 1.29 is 4.42 Å². The number of aromatic nitrogens is 1.